The van der Waals surface area contributed by atoms with Crippen LogP contribution in [0.5, 0.6) is 0 Å². The zero-order chi connectivity index (χ0) is 20.5. The van der Waals surface area contributed by atoms with E-state index in [1.807, 2.05) is 48.2 Å². The first-order valence-electron chi connectivity index (χ1n) is 9.94. The van der Waals surface area contributed by atoms with E-state index >= 15 is 0 Å². The summed E-state index contributed by atoms with van der Waals surface area (Å²) in [6, 6.07) is 22.8. The number of hydrogen-bond donors (Lipinski definition) is 0. The topological polar surface area (TPSA) is 33.2 Å². The number of hydrogen-bond acceptors (Lipinski definition) is 3. The molecule has 0 saturated carbocycles. The number of nitrogens with zero attached hydrogens (tertiary/aromatic N) is 3. The van der Waals surface area contributed by atoms with Gasteiger partial charge in [0, 0.05) is 35.1 Å². The minimum absolute atomic E-state index is 0. The molecular weight excluding hydrogens is 497 g/mol. The minimum Gasteiger partial charge on any atom is -1.00 e. The maximum Gasteiger partial charge on any atom is 0.370 e. The molecule has 0 atom stereocenters. The van der Waals surface area contributed by atoms with Crippen LogP contribution in [0.25, 0.3) is 28.6 Å². The molecule has 3 heterocycles. The fourth-order valence-electron chi connectivity index (χ4n) is 3.82. The molecule has 4 aromatic rings. The van der Waals surface area contributed by atoms with E-state index in [0.29, 0.717) is 5.89 Å². The lowest BCUT2D eigenvalue weighted by Crippen LogP contribution is -3.00. The standard InChI is InChI=1S/C26H22N3O.HI/c1-28-17-9-15-24-26(28)27-25(30-24)16-8-12-20-18-23(19-10-4-3-5-11-19)29(2)22-14-7-6-13-21(20)22;/h3-18H,1-2H3;1H/q+1;/p-1. The number of anilines is 1. The summed E-state index contributed by atoms with van der Waals surface area (Å²) in [5.74, 6) is 0.595. The van der Waals surface area contributed by atoms with Gasteiger partial charge in [-0.2, -0.15) is 0 Å². The quantitative estimate of drug-likeness (QED) is 0.308. The molecule has 0 radical (unpaired) electrons. The van der Waals surface area contributed by atoms with Crippen molar-refractivity contribution in [3.8, 4) is 0 Å². The fourth-order valence-corrected chi connectivity index (χ4v) is 3.82. The van der Waals surface area contributed by atoms with Crippen LogP contribution < -0.4 is 33.4 Å². The Hall–Kier alpha value is -3.19. The summed E-state index contributed by atoms with van der Waals surface area (Å²) < 4.78 is 7.80. The highest BCUT2D eigenvalue weighted by molar-refractivity contribution is 5.98. The van der Waals surface area contributed by atoms with Gasteiger partial charge in [0.05, 0.1) is 13.2 Å². The summed E-state index contributed by atoms with van der Waals surface area (Å²) in [6.45, 7) is 0. The Labute approximate surface area is 198 Å². The zero-order valence-electron chi connectivity index (χ0n) is 17.4. The molecule has 154 valence electrons. The van der Waals surface area contributed by atoms with Crippen LogP contribution in [0.2, 0.25) is 0 Å². The summed E-state index contributed by atoms with van der Waals surface area (Å²) in [4.78, 5) is 6.81. The summed E-state index contributed by atoms with van der Waals surface area (Å²) in [5.41, 5.74) is 7.52. The first kappa shape index (κ1) is 21.1. The van der Waals surface area contributed by atoms with Gasteiger partial charge in [-0.1, -0.05) is 60.7 Å². The predicted octanol–water partition coefficient (Wildman–Crippen LogP) is 2.24. The number of aryl methyl sites for hydroxylation is 1. The van der Waals surface area contributed by atoms with Crippen molar-refractivity contribution in [1.82, 2.24) is 4.98 Å². The van der Waals surface area contributed by atoms with Gasteiger partial charge in [0.1, 0.15) is 0 Å². The Morgan fingerprint density at radius 1 is 0.968 bits per heavy atom. The van der Waals surface area contributed by atoms with Crippen LogP contribution in [0.3, 0.4) is 0 Å². The number of aromatic nitrogens is 2. The number of pyridine rings is 1. The largest absolute Gasteiger partial charge is 1.00 e. The summed E-state index contributed by atoms with van der Waals surface area (Å²) >= 11 is 0. The summed E-state index contributed by atoms with van der Waals surface area (Å²) in [7, 11) is 4.08. The molecule has 4 nitrogen and oxygen atoms in total. The number of allylic oxidation sites excluding steroid dienone is 4. The molecule has 2 aromatic carbocycles. The molecule has 0 bridgehead atoms. The molecule has 0 saturated heterocycles. The minimum atomic E-state index is 0. The van der Waals surface area contributed by atoms with Crippen molar-refractivity contribution in [2.45, 2.75) is 0 Å². The second-order valence-electron chi connectivity index (χ2n) is 7.31. The van der Waals surface area contributed by atoms with Gasteiger partial charge in [-0.25, -0.2) is 4.57 Å². The van der Waals surface area contributed by atoms with E-state index in [-0.39, 0.29) is 24.0 Å². The zero-order valence-corrected chi connectivity index (χ0v) is 19.5. The fraction of sp³-hybridized carbons (Fsp3) is 0.0769. The van der Waals surface area contributed by atoms with Crippen molar-refractivity contribution < 1.29 is 33.0 Å². The van der Waals surface area contributed by atoms with Crippen LogP contribution >= 0.6 is 0 Å². The third-order valence-electron chi connectivity index (χ3n) is 5.36. The number of fused-ring (bicyclic) bond motifs is 2. The second-order valence-corrected chi connectivity index (χ2v) is 7.31. The molecule has 0 aliphatic carbocycles. The average Bonchev–Trinajstić information content (AvgIpc) is 3.20. The number of para-hydroxylation sites is 1. The Kier molecular flexibility index (Phi) is 6.04. The van der Waals surface area contributed by atoms with Crippen molar-refractivity contribution in [2.24, 2.45) is 7.05 Å². The lowest BCUT2D eigenvalue weighted by molar-refractivity contribution is -0.646. The predicted molar refractivity (Wildman–Crippen MR) is 121 cm³/mol. The highest BCUT2D eigenvalue weighted by Crippen LogP contribution is 2.38. The van der Waals surface area contributed by atoms with Gasteiger partial charge in [-0.05, 0) is 35.4 Å². The van der Waals surface area contributed by atoms with E-state index in [1.165, 1.54) is 22.5 Å². The normalized spacial score (nSPS) is 14.6. The molecular formula is C26H22IN3O. The van der Waals surface area contributed by atoms with E-state index in [4.69, 9.17) is 4.42 Å². The lowest BCUT2D eigenvalue weighted by Gasteiger charge is -2.30. The highest BCUT2D eigenvalue weighted by Gasteiger charge is 2.20. The van der Waals surface area contributed by atoms with Crippen LogP contribution in [0.15, 0.2) is 95.6 Å². The van der Waals surface area contributed by atoms with Gasteiger partial charge < -0.3 is 33.3 Å². The van der Waals surface area contributed by atoms with E-state index in [0.717, 1.165) is 16.8 Å². The molecule has 1 aliphatic rings. The molecule has 1 aliphatic heterocycles. The molecule has 0 spiro atoms. The van der Waals surface area contributed by atoms with Crippen LogP contribution in [-0.4, -0.2) is 12.0 Å². The van der Waals surface area contributed by atoms with E-state index in [9.17, 15) is 0 Å². The smallest absolute Gasteiger partial charge is 0.370 e. The van der Waals surface area contributed by atoms with Crippen LogP contribution in [0.4, 0.5) is 5.69 Å². The molecule has 0 fully saturated rings. The van der Waals surface area contributed by atoms with Crippen molar-refractivity contribution >= 4 is 34.3 Å². The van der Waals surface area contributed by atoms with Crippen molar-refractivity contribution in [1.29, 1.82) is 0 Å². The molecule has 0 N–H and O–H groups in total. The second kappa shape index (κ2) is 8.89. The van der Waals surface area contributed by atoms with Gasteiger partial charge in [0.2, 0.25) is 5.58 Å². The van der Waals surface area contributed by atoms with Gasteiger partial charge in [0.25, 0.3) is 0 Å². The molecule has 0 unspecified atom stereocenters. The first-order chi connectivity index (χ1) is 14.7. The Morgan fingerprint density at radius 3 is 2.55 bits per heavy atom. The Morgan fingerprint density at radius 2 is 1.74 bits per heavy atom. The van der Waals surface area contributed by atoms with E-state index in [2.05, 4.69) is 77.6 Å². The van der Waals surface area contributed by atoms with E-state index < -0.39 is 0 Å². The summed E-state index contributed by atoms with van der Waals surface area (Å²) in [5, 5.41) is 0. The van der Waals surface area contributed by atoms with Gasteiger partial charge >= 0.3 is 11.5 Å². The SMILES string of the molecule is CN1C(c2ccccc2)=C/C(=C\C=C\c2nc3c(ccc[n+]3C)o2)c2ccccc21.[I-]. The van der Waals surface area contributed by atoms with Gasteiger partial charge in [-0.15, -0.1) is 0 Å². The molecule has 0 amide bonds. The Balaban J connectivity index is 0.00000231. The van der Waals surface area contributed by atoms with Crippen LogP contribution in [0, 0.1) is 0 Å². The highest BCUT2D eigenvalue weighted by atomic mass is 127. The van der Waals surface area contributed by atoms with Crippen LogP contribution in [-0.2, 0) is 7.05 Å². The summed E-state index contributed by atoms with van der Waals surface area (Å²) in [6.07, 6.45) is 10.2. The number of halogens is 1. The van der Waals surface area contributed by atoms with Crippen molar-refractivity contribution in [3.05, 3.63) is 108 Å². The molecule has 31 heavy (non-hydrogen) atoms. The van der Waals surface area contributed by atoms with Gasteiger partial charge in [-0.3, -0.25) is 0 Å². The third kappa shape index (κ3) is 4.05. The van der Waals surface area contributed by atoms with Crippen molar-refractivity contribution in [2.75, 3.05) is 11.9 Å². The molecule has 5 heteroatoms. The lowest BCUT2D eigenvalue weighted by atomic mass is 9.95. The monoisotopic (exact) mass is 519 g/mol. The molecule has 5 rings (SSSR count). The maximum absolute atomic E-state index is 5.84. The number of benzene rings is 2. The average molecular weight is 519 g/mol. The number of oxazole rings is 1. The third-order valence-corrected chi connectivity index (χ3v) is 5.36. The first-order valence-corrected chi connectivity index (χ1v) is 9.94. The van der Waals surface area contributed by atoms with Crippen LogP contribution in [0.1, 0.15) is 17.0 Å². The maximum atomic E-state index is 5.84. The number of rotatable bonds is 3. The van der Waals surface area contributed by atoms with Crippen molar-refractivity contribution in [3.63, 3.8) is 0 Å². The Bertz CT molecular complexity index is 1320. The van der Waals surface area contributed by atoms with Gasteiger partial charge in [0.15, 0.2) is 0 Å². The molecule has 2 aromatic heterocycles. The van der Waals surface area contributed by atoms with E-state index in [1.54, 1.807) is 0 Å².